The van der Waals surface area contributed by atoms with Gasteiger partial charge in [0.1, 0.15) is 15.6 Å². The van der Waals surface area contributed by atoms with Crippen LogP contribution in [-0.4, -0.2) is 26.3 Å². The van der Waals surface area contributed by atoms with Gasteiger partial charge < -0.3 is 4.84 Å². The van der Waals surface area contributed by atoms with Crippen molar-refractivity contribution >= 4 is 34.6 Å². The van der Waals surface area contributed by atoms with Crippen LogP contribution in [0.15, 0.2) is 40.9 Å². The Morgan fingerprint density at radius 1 is 1.26 bits per heavy atom. The molecular weight excluding hydrogens is 332 g/mol. The first-order valence-electron chi connectivity index (χ1n) is 6.71. The summed E-state index contributed by atoms with van der Waals surface area (Å²) in [6.45, 7) is 3.64. The van der Waals surface area contributed by atoms with Crippen LogP contribution >= 0.6 is 22.9 Å². The molecule has 0 aliphatic rings. The number of aryl methyl sites for hydroxylation is 1. The van der Waals surface area contributed by atoms with Crippen molar-refractivity contribution in [3.05, 3.63) is 52.7 Å². The predicted molar refractivity (Wildman–Crippen MR) is 89.8 cm³/mol. The monoisotopic (exact) mass is 344 g/mol. The number of hydrogen-bond acceptors (Lipinski definition) is 8. The van der Waals surface area contributed by atoms with Gasteiger partial charge in [-0.2, -0.15) is 0 Å². The Hall–Kier alpha value is -2.45. The minimum atomic E-state index is -0.497. The Bertz CT molecular complexity index is 855. The summed E-state index contributed by atoms with van der Waals surface area (Å²) < 4.78 is 3.90. The predicted octanol–water partition coefficient (Wildman–Crippen LogP) is 3.55. The quantitative estimate of drug-likeness (QED) is 0.411. The van der Waals surface area contributed by atoms with Crippen LogP contribution in [0.1, 0.15) is 28.7 Å². The fraction of sp³-hybridized carbons (Fsp3) is 0.133. The SMILES string of the molecule is C/C(=N\OC(=O)c1ccccc1)c1csc(-c2snnc2C)n1. The van der Waals surface area contributed by atoms with Gasteiger partial charge in [-0.1, -0.05) is 27.8 Å². The number of oxime groups is 1. The molecule has 6 nitrogen and oxygen atoms in total. The highest BCUT2D eigenvalue weighted by Crippen LogP contribution is 2.28. The largest absolute Gasteiger partial charge is 0.365 e. The van der Waals surface area contributed by atoms with E-state index in [0.29, 0.717) is 17.0 Å². The zero-order valence-electron chi connectivity index (χ0n) is 12.4. The highest BCUT2D eigenvalue weighted by Gasteiger charge is 2.13. The van der Waals surface area contributed by atoms with Gasteiger partial charge in [-0.05, 0) is 37.5 Å². The van der Waals surface area contributed by atoms with Gasteiger partial charge in [0.05, 0.1) is 17.0 Å². The molecule has 1 aromatic carbocycles. The molecule has 0 fully saturated rings. The van der Waals surface area contributed by atoms with E-state index in [-0.39, 0.29) is 0 Å². The molecule has 2 aromatic heterocycles. The summed E-state index contributed by atoms with van der Waals surface area (Å²) in [6.07, 6.45) is 0. The van der Waals surface area contributed by atoms with Crippen molar-refractivity contribution in [2.75, 3.05) is 0 Å². The highest BCUT2D eigenvalue weighted by molar-refractivity contribution is 7.18. The zero-order chi connectivity index (χ0) is 16.2. The molecule has 0 aliphatic carbocycles. The zero-order valence-corrected chi connectivity index (χ0v) is 14.0. The lowest BCUT2D eigenvalue weighted by Gasteiger charge is -1.98. The smallest absolute Gasteiger partial charge is 0.312 e. The third-order valence-corrected chi connectivity index (χ3v) is 4.82. The molecule has 0 radical (unpaired) electrons. The first-order valence-corrected chi connectivity index (χ1v) is 8.36. The molecule has 0 aliphatic heterocycles. The van der Waals surface area contributed by atoms with Crippen molar-refractivity contribution < 1.29 is 9.63 Å². The van der Waals surface area contributed by atoms with Crippen molar-refractivity contribution in [2.24, 2.45) is 5.16 Å². The number of aromatic nitrogens is 3. The van der Waals surface area contributed by atoms with Crippen LogP contribution in [0.5, 0.6) is 0 Å². The van der Waals surface area contributed by atoms with Gasteiger partial charge >= 0.3 is 5.97 Å². The Morgan fingerprint density at radius 2 is 2.04 bits per heavy atom. The van der Waals surface area contributed by atoms with E-state index in [0.717, 1.165) is 15.6 Å². The van der Waals surface area contributed by atoms with Gasteiger partial charge in [0.2, 0.25) is 0 Å². The average Bonchev–Trinajstić information content (AvgIpc) is 3.21. The van der Waals surface area contributed by atoms with E-state index in [2.05, 4.69) is 19.7 Å². The lowest BCUT2D eigenvalue weighted by Crippen LogP contribution is -2.04. The number of benzene rings is 1. The van der Waals surface area contributed by atoms with Crippen molar-refractivity contribution in [1.82, 2.24) is 14.6 Å². The van der Waals surface area contributed by atoms with Gasteiger partial charge in [-0.3, -0.25) is 0 Å². The normalized spacial score (nSPS) is 11.5. The standard InChI is InChI=1S/C15H12N4O2S2/c1-9(18-21-15(20)11-6-4-3-5-7-11)12-8-22-14(16-12)13-10(2)17-19-23-13/h3-8H,1-2H3/b18-9+. The van der Waals surface area contributed by atoms with Crippen LogP contribution < -0.4 is 0 Å². The first kappa shape index (κ1) is 15.4. The average molecular weight is 344 g/mol. The third-order valence-electron chi connectivity index (χ3n) is 3.00. The van der Waals surface area contributed by atoms with E-state index in [4.69, 9.17) is 4.84 Å². The highest BCUT2D eigenvalue weighted by atomic mass is 32.1. The lowest BCUT2D eigenvalue weighted by molar-refractivity contribution is 0.0516. The number of rotatable bonds is 4. The van der Waals surface area contributed by atoms with Crippen molar-refractivity contribution in [2.45, 2.75) is 13.8 Å². The molecule has 0 N–H and O–H groups in total. The molecule has 2 heterocycles. The second-order valence-electron chi connectivity index (χ2n) is 4.65. The first-order chi connectivity index (χ1) is 11.1. The second kappa shape index (κ2) is 6.76. The summed E-state index contributed by atoms with van der Waals surface area (Å²) in [4.78, 5) is 22.2. The summed E-state index contributed by atoms with van der Waals surface area (Å²) in [7, 11) is 0. The molecule has 0 spiro atoms. The lowest BCUT2D eigenvalue weighted by atomic mass is 10.2. The fourth-order valence-electron chi connectivity index (χ4n) is 1.76. The maximum atomic E-state index is 11.9. The molecule has 0 saturated carbocycles. The summed E-state index contributed by atoms with van der Waals surface area (Å²) in [6, 6.07) is 8.72. The van der Waals surface area contributed by atoms with Crippen molar-refractivity contribution in [3.63, 3.8) is 0 Å². The van der Waals surface area contributed by atoms with E-state index < -0.39 is 5.97 Å². The van der Waals surface area contributed by atoms with E-state index >= 15 is 0 Å². The van der Waals surface area contributed by atoms with Gasteiger partial charge in [-0.25, -0.2) is 9.78 Å². The van der Waals surface area contributed by atoms with Crippen molar-refractivity contribution in [3.8, 4) is 9.88 Å². The molecular formula is C15H12N4O2S2. The summed E-state index contributed by atoms with van der Waals surface area (Å²) >= 11 is 2.78. The molecule has 0 amide bonds. The Labute approximate surface area is 140 Å². The number of nitrogens with zero attached hydrogens (tertiary/aromatic N) is 4. The van der Waals surface area contributed by atoms with Crippen LogP contribution in [0.3, 0.4) is 0 Å². The van der Waals surface area contributed by atoms with E-state index in [1.165, 1.54) is 22.9 Å². The third kappa shape index (κ3) is 3.49. The van der Waals surface area contributed by atoms with Crippen LogP contribution in [0, 0.1) is 6.92 Å². The molecule has 0 bridgehead atoms. The maximum absolute atomic E-state index is 11.9. The molecule has 3 aromatic rings. The second-order valence-corrected chi connectivity index (χ2v) is 6.26. The Balaban J connectivity index is 1.73. The van der Waals surface area contributed by atoms with Crippen LogP contribution in [-0.2, 0) is 4.84 Å². The van der Waals surface area contributed by atoms with Gasteiger partial charge in [0, 0.05) is 5.38 Å². The number of carbonyl (C=O) groups is 1. The topological polar surface area (TPSA) is 77.3 Å². The number of hydrogen-bond donors (Lipinski definition) is 0. The summed E-state index contributed by atoms with van der Waals surface area (Å²) in [5, 5.41) is 10.5. The van der Waals surface area contributed by atoms with E-state index in [9.17, 15) is 4.79 Å². The van der Waals surface area contributed by atoms with Gasteiger partial charge in [0.15, 0.2) is 0 Å². The Kier molecular flexibility index (Phi) is 4.54. The summed E-state index contributed by atoms with van der Waals surface area (Å²) in [5.41, 5.74) is 2.50. The number of carbonyl (C=O) groups excluding carboxylic acids is 1. The van der Waals surface area contributed by atoms with Crippen LogP contribution in [0.4, 0.5) is 0 Å². The van der Waals surface area contributed by atoms with Crippen LogP contribution in [0.2, 0.25) is 0 Å². The minimum absolute atomic E-state index is 0.453. The molecule has 0 unspecified atom stereocenters. The molecule has 23 heavy (non-hydrogen) atoms. The summed E-state index contributed by atoms with van der Waals surface area (Å²) in [5.74, 6) is -0.497. The maximum Gasteiger partial charge on any atom is 0.365 e. The molecule has 0 saturated heterocycles. The molecule has 8 heteroatoms. The van der Waals surface area contributed by atoms with Crippen molar-refractivity contribution in [1.29, 1.82) is 0 Å². The van der Waals surface area contributed by atoms with Crippen LogP contribution in [0.25, 0.3) is 9.88 Å². The molecule has 0 atom stereocenters. The van der Waals surface area contributed by atoms with Gasteiger partial charge in [0.25, 0.3) is 0 Å². The fourth-order valence-corrected chi connectivity index (χ4v) is 3.41. The van der Waals surface area contributed by atoms with E-state index in [1.807, 2.05) is 18.4 Å². The molecule has 116 valence electrons. The minimum Gasteiger partial charge on any atom is -0.312 e. The Morgan fingerprint density at radius 3 is 2.74 bits per heavy atom. The molecule has 3 rings (SSSR count). The van der Waals surface area contributed by atoms with Gasteiger partial charge in [-0.15, -0.1) is 16.4 Å². The number of thiazole rings is 1. The van der Waals surface area contributed by atoms with E-state index in [1.54, 1.807) is 31.2 Å².